The van der Waals surface area contributed by atoms with Gasteiger partial charge in [0, 0.05) is 50.2 Å². The van der Waals surface area contributed by atoms with Crippen LogP contribution >= 0.6 is 0 Å². The third-order valence-corrected chi connectivity index (χ3v) is 5.06. The van der Waals surface area contributed by atoms with Crippen molar-refractivity contribution < 1.29 is 4.79 Å². The molecule has 3 aliphatic rings. The Bertz CT molecular complexity index is 676. The van der Waals surface area contributed by atoms with Gasteiger partial charge in [0.05, 0.1) is 0 Å². The SMILES string of the molecule is O=C(c1ccc(-c2ccncc2)cc1)N1CCN2CCC1CC2. The van der Waals surface area contributed by atoms with Crippen molar-refractivity contribution in [2.75, 3.05) is 26.2 Å². The Labute approximate surface area is 136 Å². The lowest BCUT2D eigenvalue weighted by Gasteiger charge is -2.31. The molecule has 0 spiro atoms. The highest BCUT2D eigenvalue weighted by Crippen LogP contribution is 2.24. The molecule has 23 heavy (non-hydrogen) atoms. The van der Waals surface area contributed by atoms with E-state index in [4.69, 9.17) is 0 Å². The molecule has 2 bridgehead atoms. The van der Waals surface area contributed by atoms with Crippen molar-refractivity contribution in [3.8, 4) is 11.1 Å². The Balaban J connectivity index is 1.54. The van der Waals surface area contributed by atoms with Crippen LogP contribution in [-0.4, -0.2) is 52.9 Å². The summed E-state index contributed by atoms with van der Waals surface area (Å²) in [6.07, 6.45) is 5.80. The number of hydrogen-bond acceptors (Lipinski definition) is 3. The second-order valence-corrected chi connectivity index (χ2v) is 6.38. The molecule has 3 saturated heterocycles. The Kier molecular flexibility index (Phi) is 3.83. The zero-order chi connectivity index (χ0) is 15.6. The number of carbonyl (C=O) groups excluding carboxylic acids is 1. The largest absolute Gasteiger partial charge is 0.334 e. The van der Waals surface area contributed by atoms with Gasteiger partial charge in [-0.1, -0.05) is 12.1 Å². The van der Waals surface area contributed by atoms with Crippen LogP contribution in [0.5, 0.6) is 0 Å². The normalized spacial score (nSPS) is 23.6. The van der Waals surface area contributed by atoms with Gasteiger partial charge in [-0.3, -0.25) is 9.78 Å². The number of hydrogen-bond donors (Lipinski definition) is 0. The first-order valence-corrected chi connectivity index (χ1v) is 8.35. The molecule has 1 amide bonds. The zero-order valence-electron chi connectivity index (χ0n) is 13.2. The lowest BCUT2D eigenvalue weighted by atomic mass is 10.0. The summed E-state index contributed by atoms with van der Waals surface area (Å²) in [5.41, 5.74) is 3.04. The van der Waals surface area contributed by atoms with Crippen LogP contribution in [0.2, 0.25) is 0 Å². The summed E-state index contributed by atoms with van der Waals surface area (Å²) in [5, 5.41) is 0. The second kappa shape index (κ2) is 6.13. The van der Waals surface area contributed by atoms with E-state index in [1.54, 1.807) is 12.4 Å². The molecule has 0 atom stereocenters. The van der Waals surface area contributed by atoms with E-state index in [2.05, 4.69) is 14.8 Å². The molecule has 5 rings (SSSR count). The van der Waals surface area contributed by atoms with Crippen molar-refractivity contribution in [3.63, 3.8) is 0 Å². The average Bonchev–Trinajstić information content (AvgIpc) is 2.96. The molecule has 118 valence electrons. The highest BCUT2D eigenvalue weighted by Gasteiger charge is 2.32. The molecule has 1 aromatic heterocycles. The van der Waals surface area contributed by atoms with Crippen LogP contribution in [0.1, 0.15) is 23.2 Å². The smallest absolute Gasteiger partial charge is 0.254 e. The lowest BCUT2D eigenvalue weighted by molar-refractivity contribution is 0.0685. The maximum absolute atomic E-state index is 12.9. The van der Waals surface area contributed by atoms with E-state index < -0.39 is 0 Å². The summed E-state index contributed by atoms with van der Waals surface area (Å²) in [5.74, 6) is 0.181. The van der Waals surface area contributed by atoms with Crippen molar-refractivity contribution >= 4 is 5.91 Å². The van der Waals surface area contributed by atoms with Crippen molar-refractivity contribution in [1.82, 2.24) is 14.8 Å². The summed E-state index contributed by atoms with van der Waals surface area (Å²) >= 11 is 0. The van der Waals surface area contributed by atoms with Crippen LogP contribution in [0.15, 0.2) is 48.8 Å². The Morgan fingerprint density at radius 2 is 1.52 bits per heavy atom. The molecule has 0 radical (unpaired) electrons. The first-order chi connectivity index (χ1) is 11.3. The van der Waals surface area contributed by atoms with Crippen LogP contribution in [0.25, 0.3) is 11.1 Å². The number of aromatic nitrogens is 1. The van der Waals surface area contributed by atoms with Gasteiger partial charge in [-0.25, -0.2) is 0 Å². The van der Waals surface area contributed by atoms with Crippen LogP contribution in [-0.2, 0) is 0 Å². The average molecular weight is 307 g/mol. The summed E-state index contributed by atoms with van der Waals surface area (Å²) in [7, 11) is 0. The van der Waals surface area contributed by atoms with Gasteiger partial charge in [0.15, 0.2) is 0 Å². The number of benzene rings is 1. The van der Waals surface area contributed by atoms with Gasteiger partial charge in [0.2, 0.25) is 0 Å². The highest BCUT2D eigenvalue weighted by molar-refractivity contribution is 5.95. The highest BCUT2D eigenvalue weighted by atomic mass is 16.2. The van der Waals surface area contributed by atoms with E-state index in [0.717, 1.165) is 55.7 Å². The van der Waals surface area contributed by atoms with Gasteiger partial charge >= 0.3 is 0 Å². The van der Waals surface area contributed by atoms with Gasteiger partial charge in [-0.2, -0.15) is 0 Å². The molecular weight excluding hydrogens is 286 g/mol. The molecule has 0 saturated carbocycles. The number of piperidine rings is 1. The summed E-state index contributed by atoms with van der Waals surface area (Å²) in [6.45, 7) is 4.14. The van der Waals surface area contributed by atoms with Gasteiger partial charge < -0.3 is 9.80 Å². The van der Waals surface area contributed by atoms with Gasteiger partial charge in [-0.15, -0.1) is 0 Å². The van der Waals surface area contributed by atoms with Crippen molar-refractivity contribution in [1.29, 1.82) is 0 Å². The third kappa shape index (κ3) is 2.86. The van der Waals surface area contributed by atoms with E-state index in [0.29, 0.717) is 6.04 Å². The molecule has 1 aromatic carbocycles. The Morgan fingerprint density at radius 3 is 2.22 bits per heavy atom. The maximum Gasteiger partial charge on any atom is 0.254 e. The maximum atomic E-state index is 12.9. The number of rotatable bonds is 2. The van der Waals surface area contributed by atoms with Gasteiger partial charge in [0.1, 0.15) is 0 Å². The molecule has 0 N–H and O–H groups in total. The predicted octanol–water partition coefficient (Wildman–Crippen LogP) is 2.67. The van der Waals surface area contributed by atoms with Crippen LogP contribution < -0.4 is 0 Å². The third-order valence-electron chi connectivity index (χ3n) is 5.06. The Morgan fingerprint density at radius 1 is 0.870 bits per heavy atom. The molecule has 2 aromatic rings. The fraction of sp³-hybridized carbons (Fsp3) is 0.368. The van der Waals surface area contributed by atoms with Crippen LogP contribution in [0, 0.1) is 0 Å². The van der Waals surface area contributed by atoms with Crippen molar-refractivity contribution in [2.24, 2.45) is 0 Å². The van der Waals surface area contributed by atoms with Crippen molar-refractivity contribution in [3.05, 3.63) is 54.4 Å². The van der Waals surface area contributed by atoms with Crippen LogP contribution in [0.4, 0.5) is 0 Å². The first-order valence-electron chi connectivity index (χ1n) is 8.35. The minimum atomic E-state index is 0.181. The zero-order valence-corrected chi connectivity index (χ0v) is 13.2. The summed E-state index contributed by atoms with van der Waals surface area (Å²) < 4.78 is 0. The minimum absolute atomic E-state index is 0.181. The van der Waals surface area contributed by atoms with Crippen LogP contribution in [0.3, 0.4) is 0 Å². The fourth-order valence-corrected chi connectivity index (χ4v) is 3.67. The number of nitrogens with zero attached hydrogens (tertiary/aromatic N) is 3. The number of carbonyl (C=O) groups is 1. The quantitative estimate of drug-likeness (QED) is 0.856. The fourth-order valence-electron chi connectivity index (χ4n) is 3.67. The number of amides is 1. The predicted molar refractivity (Wildman–Crippen MR) is 90.2 cm³/mol. The van der Waals surface area contributed by atoms with Crippen molar-refractivity contribution in [2.45, 2.75) is 18.9 Å². The molecule has 4 heterocycles. The van der Waals surface area contributed by atoms with Gasteiger partial charge in [0.25, 0.3) is 5.91 Å². The topological polar surface area (TPSA) is 36.4 Å². The van der Waals surface area contributed by atoms with E-state index >= 15 is 0 Å². The molecule has 0 aliphatic carbocycles. The van der Waals surface area contributed by atoms with E-state index in [1.165, 1.54) is 0 Å². The summed E-state index contributed by atoms with van der Waals surface area (Å²) in [6, 6.07) is 12.4. The molecule has 3 aliphatic heterocycles. The Hall–Kier alpha value is -2.20. The first kappa shape index (κ1) is 14.4. The molecule has 3 fully saturated rings. The van der Waals surface area contributed by atoms with E-state index in [9.17, 15) is 4.79 Å². The lowest BCUT2D eigenvalue weighted by Crippen LogP contribution is -2.41. The number of fused-ring (bicyclic) bond motifs is 4. The molecule has 4 nitrogen and oxygen atoms in total. The second-order valence-electron chi connectivity index (χ2n) is 6.38. The minimum Gasteiger partial charge on any atom is -0.334 e. The van der Waals surface area contributed by atoms with E-state index in [1.807, 2.05) is 36.4 Å². The standard InChI is InChI=1S/C19H21N3O/c23-19(22-14-13-21-11-7-18(22)8-12-21)17-3-1-15(2-4-17)16-5-9-20-10-6-16/h1-6,9-10,18H,7-8,11-14H2. The molecular formula is C19H21N3O. The van der Waals surface area contributed by atoms with E-state index in [-0.39, 0.29) is 5.91 Å². The monoisotopic (exact) mass is 307 g/mol. The summed E-state index contributed by atoms with van der Waals surface area (Å²) in [4.78, 5) is 21.5. The number of pyridine rings is 1. The molecule has 4 heteroatoms. The molecule has 0 unspecified atom stereocenters. The van der Waals surface area contributed by atoms with Gasteiger partial charge in [-0.05, 0) is 48.2 Å².